The zero-order valence-electron chi connectivity index (χ0n) is 10.9. The number of amidine groups is 1. The Labute approximate surface area is 121 Å². The predicted octanol–water partition coefficient (Wildman–Crippen LogP) is 1.65. The number of amides is 1. The van der Waals surface area contributed by atoms with Crippen molar-refractivity contribution in [3.63, 3.8) is 0 Å². The lowest BCUT2D eigenvalue weighted by Crippen LogP contribution is -2.24. The first-order chi connectivity index (χ1) is 9.70. The normalized spacial score (nSPS) is 18.8. The van der Waals surface area contributed by atoms with Crippen LogP contribution in [0.25, 0.3) is 0 Å². The number of anilines is 1. The van der Waals surface area contributed by atoms with Crippen molar-refractivity contribution in [3.8, 4) is 5.75 Å². The van der Waals surface area contributed by atoms with Gasteiger partial charge in [0, 0.05) is 0 Å². The molecule has 1 amide bonds. The van der Waals surface area contributed by atoms with Crippen molar-refractivity contribution in [1.29, 1.82) is 0 Å². The molecule has 2 rings (SSSR count). The van der Waals surface area contributed by atoms with Crippen LogP contribution in [-0.2, 0) is 4.79 Å². The third-order valence-electron chi connectivity index (χ3n) is 2.87. The molecule has 1 atom stereocenters. The van der Waals surface area contributed by atoms with E-state index in [0.29, 0.717) is 11.4 Å². The average molecular weight is 295 g/mol. The smallest absolute Gasteiger partial charge is 0.237 e. The second kappa shape index (κ2) is 7.04. The molecule has 7 heteroatoms. The third-order valence-corrected chi connectivity index (χ3v) is 4.25. The first kappa shape index (κ1) is 14.5. The molecule has 108 valence electrons. The summed E-state index contributed by atoms with van der Waals surface area (Å²) < 4.78 is 5.42. The van der Waals surface area contributed by atoms with E-state index in [-0.39, 0.29) is 23.6 Å². The molecule has 20 heavy (non-hydrogen) atoms. The summed E-state index contributed by atoms with van der Waals surface area (Å²) in [4.78, 5) is 12.1. The highest BCUT2D eigenvalue weighted by atomic mass is 32.2. The number of nitrogens with two attached hydrogens (primary N) is 1. The first-order valence-electron chi connectivity index (χ1n) is 6.31. The summed E-state index contributed by atoms with van der Waals surface area (Å²) in [7, 11) is 0. The summed E-state index contributed by atoms with van der Waals surface area (Å²) in [6.07, 6.45) is 1.98. The fourth-order valence-corrected chi connectivity index (χ4v) is 3.04. The Balaban J connectivity index is 2.01. The molecule has 1 aliphatic rings. The summed E-state index contributed by atoms with van der Waals surface area (Å²) >= 11 is 1.67. The number of hydrogen-bond donors (Lipinski definition) is 3. The molecule has 0 saturated carbocycles. The lowest BCUT2D eigenvalue weighted by Gasteiger charge is -2.14. The Morgan fingerprint density at radius 2 is 2.35 bits per heavy atom. The number of nitrogens with zero attached hydrogens (tertiary/aromatic N) is 1. The van der Waals surface area contributed by atoms with Crippen LogP contribution in [0.1, 0.15) is 12.8 Å². The molecule has 0 spiro atoms. The van der Waals surface area contributed by atoms with E-state index < -0.39 is 0 Å². The van der Waals surface area contributed by atoms with Gasteiger partial charge in [-0.05, 0) is 30.7 Å². The minimum Gasteiger partial charge on any atom is -0.483 e. The molecule has 1 aliphatic heterocycles. The third kappa shape index (κ3) is 3.80. The molecule has 4 N–H and O–H groups in total. The molecule has 0 aliphatic carbocycles. The number of carbonyl (C=O) groups is 1. The quantitative estimate of drug-likeness (QED) is 0.332. The van der Waals surface area contributed by atoms with Crippen molar-refractivity contribution in [2.75, 3.05) is 17.7 Å². The van der Waals surface area contributed by atoms with E-state index in [0.717, 1.165) is 18.6 Å². The molecule has 1 unspecified atom stereocenters. The van der Waals surface area contributed by atoms with Crippen LogP contribution in [0.5, 0.6) is 5.75 Å². The van der Waals surface area contributed by atoms with Crippen LogP contribution in [0.2, 0.25) is 0 Å². The van der Waals surface area contributed by atoms with Gasteiger partial charge in [-0.15, -0.1) is 11.8 Å². The van der Waals surface area contributed by atoms with Crippen LogP contribution >= 0.6 is 11.8 Å². The van der Waals surface area contributed by atoms with Crippen LogP contribution in [0.4, 0.5) is 5.69 Å². The van der Waals surface area contributed by atoms with Gasteiger partial charge in [0.05, 0.1) is 10.9 Å². The molecule has 0 aromatic heterocycles. The van der Waals surface area contributed by atoms with Gasteiger partial charge in [0.25, 0.3) is 0 Å². The molecular formula is C13H17N3O3S. The lowest BCUT2D eigenvalue weighted by atomic mass is 10.2. The first-order valence-corrected chi connectivity index (χ1v) is 7.36. The van der Waals surface area contributed by atoms with E-state index >= 15 is 0 Å². The standard InChI is InChI=1S/C13H17N3O3S/c14-12(16-18)8-19-10-5-2-1-4-9(10)15-13(17)11-6-3-7-20-11/h1-2,4-5,11,18H,3,6-8H2,(H2,14,16)(H,15,17). The van der Waals surface area contributed by atoms with Gasteiger partial charge >= 0.3 is 0 Å². The minimum atomic E-state index is -0.0401. The number of benzene rings is 1. The van der Waals surface area contributed by atoms with Crippen LogP contribution in [0.15, 0.2) is 29.4 Å². The molecule has 0 bridgehead atoms. The highest BCUT2D eigenvalue weighted by molar-refractivity contribution is 8.00. The van der Waals surface area contributed by atoms with Gasteiger partial charge in [0.2, 0.25) is 5.91 Å². The van der Waals surface area contributed by atoms with Crippen LogP contribution in [0.3, 0.4) is 0 Å². The van der Waals surface area contributed by atoms with Gasteiger partial charge < -0.3 is 21.0 Å². The van der Waals surface area contributed by atoms with Crippen LogP contribution < -0.4 is 15.8 Å². The summed E-state index contributed by atoms with van der Waals surface area (Å²) in [6, 6.07) is 7.09. The van der Waals surface area contributed by atoms with Crippen molar-refractivity contribution >= 4 is 29.2 Å². The van der Waals surface area contributed by atoms with Gasteiger partial charge in [0.1, 0.15) is 12.4 Å². The topological polar surface area (TPSA) is 96.9 Å². The number of rotatable bonds is 5. The van der Waals surface area contributed by atoms with Crippen molar-refractivity contribution < 1.29 is 14.7 Å². The van der Waals surface area contributed by atoms with E-state index in [2.05, 4.69) is 10.5 Å². The minimum absolute atomic E-state index is 0.00660. The van der Waals surface area contributed by atoms with Crippen molar-refractivity contribution in [3.05, 3.63) is 24.3 Å². The van der Waals surface area contributed by atoms with Crippen LogP contribution in [-0.4, -0.2) is 34.6 Å². The van der Waals surface area contributed by atoms with Gasteiger partial charge in [-0.25, -0.2) is 0 Å². The largest absolute Gasteiger partial charge is 0.483 e. The Kier molecular flexibility index (Phi) is 5.11. The molecule has 1 heterocycles. The number of para-hydroxylation sites is 2. The highest BCUT2D eigenvalue weighted by Gasteiger charge is 2.24. The molecular weight excluding hydrogens is 278 g/mol. The zero-order chi connectivity index (χ0) is 14.4. The average Bonchev–Trinajstić information content (AvgIpc) is 3.00. The summed E-state index contributed by atoms with van der Waals surface area (Å²) in [5.41, 5.74) is 5.95. The molecule has 1 aromatic rings. The van der Waals surface area contributed by atoms with E-state index in [1.165, 1.54) is 0 Å². The second-order valence-electron chi connectivity index (χ2n) is 4.37. The number of nitrogens with one attached hydrogen (secondary N) is 1. The Hall–Kier alpha value is -1.89. The number of thioether (sulfide) groups is 1. The number of hydrogen-bond acceptors (Lipinski definition) is 5. The lowest BCUT2D eigenvalue weighted by molar-refractivity contribution is -0.115. The monoisotopic (exact) mass is 295 g/mol. The summed E-state index contributed by atoms with van der Waals surface area (Å²) in [6.45, 7) is -0.0401. The Bertz CT molecular complexity index is 501. The SMILES string of the molecule is NC(COc1ccccc1NC(=O)C1CCCS1)=NO. The van der Waals surface area contributed by atoms with Crippen molar-refractivity contribution in [2.45, 2.75) is 18.1 Å². The van der Waals surface area contributed by atoms with E-state index in [1.54, 1.807) is 30.0 Å². The molecule has 1 aromatic carbocycles. The van der Waals surface area contributed by atoms with Crippen LogP contribution in [0, 0.1) is 0 Å². The molecule has 1 saturated heterocycles. The predicted molar refractivity (Wildman–Crippen MR) is 79.5 cm³/mol. The van der Waals surface area contributed by atoms with E-state index in [1.807, 2.05) is 6.07 Å². The fourth-order valence-electron chi connectivity index (χ4n) is 1.87. The summed E-state index contributed by atoms with van der Waals surface area (Å²) in [5.74, 6) is 1.49. The maximum atomic E-state index is 12.1. The van der Waals surface area contributed by atoms with Crippen molar-refractivity contribution in [2.24, 2.45) is 10.9 Å². The number of ether oxygens (including phenoxy) is 1. The van der Waals surface area contributed by atoms with Crippen molar-refractivity contribution in [1.82, 2.24) is 0 Å². The van der Waals surface area contributed by atoms with Gasteiger partial charge in [0.15, 0.2) is 5.84 Å². The van der Waals surface area contributed by atoms with Gasteiger partial charge in [-0.2, -0.15) is 0 Å². The fraction of sp³-hybridized carbons (Fsp3) is 0.385. The zero-order valence-corrected chi connectivity index (χ0v) is 11.7. The second-order valence-corrected chi connectivity index (χ2v) is 5.68. The number of oxime groups is 1. The Morgan fingerprint density at radius 1 is 1.55 bits per heavy atom. The molecule has 0 radical (unpaired) electrons. The highest BCUT2D eigenvalue weighted by Crippen LogP contribution is 2.29. The summed E-state index contributed by atoms with van der Waals surface area (Å²) in [5, 5.41) is 14.2. The molecule has 1 fully saturated rings. The number of carbonyl (C=O) groups excluding carboxylic acids is 1. The van der Waals surface area contributed by atoms with E-state index in [9.17, 15) is 4.79 Å². The maximum Gasteiger partial charge on any atom is 0.237 e. The van der Waals surface area contributed by atoms with Gasteiger partial charge in [-0.3, -0.25) is 4.79 Å². The maximum absolute atomic E-state index is 12.1. The van der Waals surface area contributed by atoms with E-state index in [4.69, 9.17) is 15.7 Å². The Morgan fingerprint density at radius 3 is 3.05 bits per heavy atom. The molecule has 6 nitrogen and oxygen atoms in total. The van der Waals surface area contributed by atoms with Gasteiger partial charge in [-0.1, -0.05) is 17.3 Å².